The largest absolute Gasteiger partial charge is 0.396 e. The molecule has 0 saturated heterocycles. The average Bonchev–Trinajstić information content (AvgIpc) is 2.88. The summed E-state index contributed by atoms with van der Waals surface area (Å²) in [5.41, 5.74) is 6.64. The Morgan fingerprint density at radius 3 is 2.94 bits per heavy atom. The number of anilines is 1. The maximum absolute atomic E-state index is 12.0. The number of amides is 1. The second-order valence-electron chi connectivity index (χ2n) is 4.65. The third-order valence-corrected chi connectivity index (χ3v) is 3.15. The molecule has 0 unspecified atom stereocenters. The zero-order valence-electron chi connectivity index (χ0n) is 10.3. The van der Waals surface area contributed by atoms with Crippen molar-refractivity contribution in [2.75, 3.05) is 5.73 Å². The molecule has 5 nitrogen and oxygen atoms in total. The molecule has 0 radical (unpaired) electrons. The molecular formula is C12H20N4O. The topological polar surface area (TPSA) is 72.9 Å². The van der Waals surface area contributed by atoms with Crippen molar-refractivity contribution in [3.63, 3.8) is 0 Å². The molecule has 2 rings (SSSR count). The molecule has 94 valence electrons. The van der Waals surface area contributed by atoms with Crippen LogP contribution >= 0.6 is 0 Å². The molecule has 1 aliphatic rings. The normalized spacial score (nSPS) is 16.3. The molecule has 1 amide bonds. The molecule has 1 fully saturated rings. The van der Waals surface area contributed by atoms with E-state index in [0.29, 0.717) is 17.4 Å². The van der Waals surface area contributed by atoms with E-state index in [4.69, 9.17) is 5.73 Å². The highest BCUT2D eigenvalue weighted by Gasteiger charge is 2.21. The minimum Gasteiger partial charge on any atom is -0.396 e. The zero-order chi connectivity index (χ0) is 12.3. The summed E-state index contributed by atoms with van der Waals surface area (Å²) in [5.74, 6) is -0.135. The maximum Gasteiger partial charge on any atom is 0.274 e. The van der Waals surface area contributed by atoms with Gasteiger partial charge in [0.25, 0.3) is 5.91 Å². The highest BCUT2D eigenvalue weighted by molar-refractivity contribution is 5.97. The standard InChI is InChI=1S/C12H20N4O/c1-2-7-16-8-10(13)11(15-16)12(17)14-9-5-3-4-6-9/h8-9H,2-7,13H2,1H3,(H,14,17). The number of aryl methyl sites for hydroxylation is 1. The minimum absolute atomic E-state index is 0.135. The molecule has 1 aromatic heterocycles. The Balaban J connectivity index is 2.02. The Morgan fingerprint density at radius 1 is 1.59 bits per heavy atom. The first-order chi connectivity index (χ1) is 8.20. The van der Waals surface area contributed by atoms with Gasteiger partial charge in [-0.15, -0.1) is 0 Å². The lowest BCUT2D eigenvalue weighted by Gasteiger charge is -2.10. The van der Waals surface area contributed by atoms with Crippen molar-refractivity contribution in [2.45, 2.75) is 51.6 Å². The average molecular weight is 236 g/mol. The summed E-state index contributed by atoms with van der Waals surface area (Å²) >= 11 is 0. The van der Waals surface area contributed by atoms with Gasteiger partial charge in [-0.05, 0) is 19.3 Å². The third-order valence-electron chi connectivity index (χ3n) is 3.15. The van der Waals surface area contributed by atoms with Crippen LogP contribution in [0.15, 0.2) is 6.20 Å². The Hall–Kier alpha value is -1.52. The predicted molar refractivity (Wildman–Crippen MR) is 66.7 cm³/mol. The summed E-state index contributed by atoms with van der Waals surface area (Å²) in [4.78, 5) is 12.0. The molecule has 17 heavy (non-hydrogen) atoms. The van der Waals surface area contributed by atoms with E-state index in [1.165, 1.54) is 12.8 Å². The van der Waals surface area contributed by atoms with Crippen molar-refractivity contribution in [3.8, 4) is 0 Å². The lowest BCUT2D eigenvalue weighted by atomic mass is 10.2. The number of nitrogens with one attached hydrogen (secondary N) is 1. The van der Waals surface area contributed by atoms with E-state index in [-0.39, 0.29) is 5.91 Å². The number of hydrogen-bond acceptors (Lipinski definition) is 3. The molecule has 0 atom stereocenters. The first-order valence-electron chi connectivity index (χ1n) is 6.34. The van der Waals surface area contributed by atoms with E-state index in [9.17, 15) is 4.79 Å². The Bertz CT molecular complexity index is 393. The maximum atomic E-state index is 12.0. The SMILES string of the molecule is CCCn1cc(N)c(C(=O)NC2CCCC2)n1. The number of carbonyl (C=O) groups is 1. The van der Waals surface area contributed by atoms with Crippen LogP contribution in [0, 0.1) is 0 Å². The molecule has 1 aromatic rings. The fourth-order valence-electron chi connectivity index (χ4n) is 2.28. The molecule has 5 heteroatoms. The summed E-state index contributed by atoms with van der Waals surface area (Å²) < 4.78 is 1.74. The number of nitrogen functional groups attached to an aromatic ring is 1. The van der Waals surface area contributed by atoms with Crippen LogP contribution in [0.2, 0.25) is 0 Å². The van der Waals surface area contributed by atoms with E-state index in [1.54, 1.807) is 10.9 Å². The second kappa shape index (κ2) is 5.21. The van der Waals surface area contributed by atoms with Gasteiger partial charge in [0.2, 0.25) is 0 Å². The van der Waals surface area contributed by atoms with Crippen LogP contribution in [0.25, 0.3) is 0 Å². The van der Waals surface area contributed by atoms with Gasteiger partial charge >= 0.3 is 0 Å². The summed E-state index contributed by atoms with van der Waals surface area (Å²) in [6.45, 7) is 2.86. The van der Waals surface area contributed by atoms with Gasteiger partial charge in [-0.1, -0.05) is 19.8 Å². The van der Waals surface area contributed by atoms with Crippen molar-refractivity contribution in [1.29, 1.82) is 0 Å². The summed E-state index contributed by atoms with van der Waals surface area (Å²) in [5, 5.41) is 7.22. The number of nitrogens with two attached hydrogens (primary N) is 1. The fraction of sp³-hybridized carbons (Fsp3) is 0.667. The van der Waals surface area contributed by atoms with Crippen molar-refractivity contribution in [3.05, 3.63) is 11.9 Å². The number of rotatable bonds is 4. The fourth-order valence-corrected chi connectivity index (χ4v) is 2.28. The lowest BCUT2D eigenvalue weighted by Crippen LogP contribution is -2.33. The van der Waals surface area contributed by atoms with E-state index < -0.39 is 0 Å². The first-order valence-corrected chi connectivity index (χ1v) is 6.34. The minimum atomic E-state index is -0.135. The Morgan fingerprint density at radius 2 is 2.29 bits per heavy atom. The highest BCUT2D eigenvalue weighted by Crippen LogP contribution is 2.18. The third kappa shape index (κ3) is 2.78. The summed E-state index contributed by atoms with van der Waals surface area (Å²) in [7, 11) is 0. The van der Waals surface area contributed by atoms with Crippen LogP contribution in [0.5, 0.6) is 0 Å². The van der Waals surface area contributed by atoms with Gasteiger partial charge in [-0.2, -0.15) is 5.10 Å². The van der Waals surface area contributed by atoms with Crippen molar-refractivity contribution in [2.24, 2.45) is 0 Å². The second-order valence-corrected chi connectivity index (χ2v) is 4.65. The molecule has 0 aromatic carbocycles. The molecule has 1 saturated carbocycles. The quantitative estimate of drug-likeness (QED) is 0.833. The van der Waals surface area contributed by atoms with Crippen LogP contribution in [0.4, 0.5) is 5.69 Å². The molecular weight excluding hydrogens is 216 g/mol. The van der Waals surface area contributed by atoms with E-state index in [1.807, 2.05) is 0 Å². The lowest BCUT2D eigenvalue weighted by molar-refractivity contribution is 0.0933. The molecule has 3 N–H and O–H groups in total. The number of hydrogen-bond donors (Lipinski definition) is 2. The van der Waals surface area contributed by atoms with Crippen LogP contribution in [0.3, 0.4) is 0 Å². The molecule has 1 aliphatic carbocycles. The van der Waals surface area contributed by atoms with E-state index >= 15 is 0 Å². The molecule has 1 heterocycles. The van der Waals surface area contributed by atoms with E-state index in [0.717, 1.165) is 25.8 Å². The monoisotopic (exact) mass is 236 g/mol. The summed E-state index contributed by atoms with van der Waals surface area (Å²) in [6.07, 6.45) is 7.25. The Labute approximate surface area is 101 Å². The highest BCUT2D eigenvalue weighted by atomic mass is 16.2. The molecule has 0 aliphatic heterocycles. The van der Waals surface area contributed by atoms with Crippen molar-refractivity contribution < 1.29 is 4.79 Å². The van der Waals surface area contributed by atoms with Crippen LogP contribution in [-0.2, 0) is 6.54 Å². The van der Waals surface area contributed by atoms with Crippen LogP contribution < -0.4 is 11.1 Å². The van der Waals surface area contributed by atoms with Crippen molar-refractivity contribution in [1.82, 2.24) is 15.1 Å². The number of nitrogens with zero attached hydrogens (tertiary/aromatic N) is 2. The smallest absolute Gasteiger partial charge is 0.274 e. The van der Waals surface area contributed by atoms with Gasteiger partial charge < -0.3 is 11.1 Å². The van der Waals surface area contributed by atoms with Gasteiger partial charge in [0.1, 0.15) is 0 Å². The van der Waals surface area contributed by atoms with Crippen molar-refractivity contribution >= 4 is 11.6 Å². The van der Waals surface area contributed by atoms with Gasteiger partial charge in [-0.25, -0.2) is 0 Å². The predicted octanol–water partition coefficient (Wildman–Crippen LogP) is 1.55. The Kier molecular flexibility index (Phi) is 3.66. The van der Waals surface area contributed by atoms with Gasteiger partial charge in [-0.3, -0.25) is 9.48 Å². The number of carbonyl (C=O) groups excluding carboxylic acids is 1. The van der Waals surface area contributed by atoms with Crippen LogP contribution in [0.1, 0.15) is 49.5 Å². The number of aromatic nitrogens is 2. The van der Waals surface area contributed by atoms with Crippen LogP contribution in [-0.4, -0.2) is 21.7 Å². The molecule has 0 spiro atoms. The van der Waals surface area contributed by atoms with E-state index in [2.05, 4.69) is 17.3 Å². The van der Waals surface area contributed by atoms with Gasteiger partial charge in [0.05, 0.1) is 5.69 Å². The zero-order valence-corrected chi connectivity index (χ0v) is 10.3. The first kappa shape index (κ1) is 12.0. The van der Waals surface area contributed by atoms with Gasteiger partial charge in [0, 0.05) is 18.8 Å². The molecule has 0 bridgehead atoms. The van der Waals surface area contributed by atoms with Gasteiger partial charge in [0.15, 0.2) is 5.69 Å². The summed E-state index contributed by atoms with van der Waals surface area (Å²) in [6, 6.07) is 0.304.